The maximum Gasteiger partial charge on any atom is 0.411 e. The first kappa shape index (κ1) is 34.6. The van der Waals surface area contributed by atoms with Gasteiger partial charge in [0, 0.05) is 6.42 Å². The first-order chi connectivity index (χ1) is 20.3. The summed E-state index contributed by atoms with van der Waals surface area (Å²) in [4.78, 5) is 42.1. The average molecular weight is 600 g/mol. The van der Waals surface area contributed by atoms with Crippen LogP contribution in [0, 0.1) is 11.8 Å². The summed E-state index contributed by atoms with van der Waals surface area (Å²) in [6.45, 7) is 13.3. The molecular formula is C34H53N3O6. The van der Waals surface area contributed by atoms with Crippen LogP contribution in [0.15, 0.2) is 36.9 Å². The van der Waals surface area contributed by atoms with Crippen LogP contribution in [-0.2, 0) is 27.3 Å². The van der Waals surface area contributed by atoms with Crippen molar-refractivity contribution in [1.82, 2.24) is 15.5 Å². The van der Waals surface area contributed by atoms with Gasteiger partial charge in [0.15, 0.2) is 0 Å². The van der Waals surface area contributed by atoms with Crippen LogP contribution >= 0.6 is 0 Å². The third kappa shape index (κ3) is 10.3. The molecule has 240 valence electrons. The lowest BCUT2D eigenvalue weighted by atomic mass is 9.82. The van der Waals surface area contributed by atoms with Crippen molar-refractivity contribution in [3.63, 3.8) is 0 Å². The lowest BCUT2D eigenvalue weighted by Gasteiger charge is -2.37. The number of carbonyl (C=O) groups excluding carboxylic acids is 3. The first-order valence-electron chi connectivity index (χ1n) is 15.9. The van der Waals surface area contributed by atoms with Crippen LogP contribution in [0.5, 0.6) is 0 Å². The number of amides is 3. The number of fused-ring (bicyclic) bond motifs is 1. The number of ether oxygens (including phenoxy) is 1. The molecule has 1 aliphatic heterocycles. The topological polar surface area (TPSA) is 128 Å². The van der Waals surface area contributed by atoms with Crippen molar-refractivity contribution < 1.29 is 29.3 Å². The predicted octanol–water partition coefficient (Wildman–Crippen LogP) is 4.63. The van der Waals surface area contributed by atoms with Crippen molar-refractivity contribution in [3.8, 4) is 0 Å². The summed E-state index contributed by atoms with van der Waals surface area (Å²) < 4.78 is 5.63. The number of hydrogen-bond donors (Lipinski definition) is 4. The Morgan fingerprint density at radius 2 is 1.72 bits per heavy atom. The Morgan fingerprint density at radius 1 is 1.07 bits per heavy atom. The van der Waals surface area contributed by atoms with Gasteiger partial charge in [0.25, 0.3) is 0 Å². The van der Waals surface area contributed by atoms with E-state index in [1.165, 1.54) is 11.3 Å². The van der Waals surface area contributed by atoms with Crippen molar-refractivity contribution in [2.45, 2.75) is 135 Å². The molecule has 3 rings (SSSR count). The molecule has 2 aliphatic rings. The number of aliphatic hydroxyl groups excluding tert-OH is 2. The third-order valence-electron chi connectivity index (χ3n) is 8.37. The fourth-order valence-corrected chi connectivity index (χ4v) is 6.18. The molecule has 43 heavy (non-hydrogen) atoms. The molecule has 1 saturated carbocycles. The molecule has 1 aromatic rings. The highest BCUT2D eigenvalue weighted by atomic mass is 16.6. The monoisotopic (exact) mass is 599 g/mol. The zero-order chi connectivity index (χ0) is 31.7. The number of carbonyl (C=O) groups is 3. The summed E-state index contributed by atoms with van der Waals surface area (Å²) in [5.41, 5.74) is 1.16. The molecule has 3 amide bonds. The Hall–Kier alpha value is -2.91. The van der Waals surface area contributed by atoms with Crippen LogP contribution in [0.1, 0.15) is 97.1 Å². The van der Waals surface area contributed by atoms with Crippen molar-refractivity contribution in [2.75, 3.05) is 0 Å². The van der Waals surface area contributed by atoms with Gasteiger partial charge in [-0.3, -0.25) is 14.5 Å². The Labute approximate surface area is 257 Å². The normalized spacial score (nSPS) is 20.4. The highest BCUT2D eigenvalue weighted by Gasteiger charge is 2.39. The molecular weight excluding hydrogens is 546 g/mol. The molecule has 0 bridgehead atoms. The number of nitrogens with zero attached hydrogens (tertiary/aromatic N) is 1. The SMILES string of the molecule is C=CC[C@H](NC(=O)[C@@H]1Cc2ccccc2CN1C(=O)OC(C)(C)C)C(=O)N[C@@H](CC1CCCCC1)[C@@H](O)[C@@H](O)CC(C)C. The first-order valence-corrected chi connectivity index (χ1v) is 15.9. The Balaban J connectivity index is 1.79. The van der Waals surface area contributed by atoms with E-state index in [2.05, 4.69) is 17.2 Å². The molecule has 9 heteroatoms. The number of rotatable bonds is 12. The number of hydrogen-bond acceptors (Lipinski definition) is 6. The maximum absolute atomic E-state index is 13.8. The Bertz CT molecular complexity index is 1090. The lowest BCUT2D eigenvalue weighted by molar-refractivity contribution is -0.133. The molecule has 4 N–H and O–H groups in total. The quantitative estimate of drug-likeness (QED) is 0.259. The Morgan fingerprint density at radius 3 is 2.33 bits per heavy atom. The number of nitrogens with one attached hydrogen (secondary N) is 2. The van der Waals surface area contributed by atoms with E-state index in [-0.39, 0.29) is 25.3 Å². The van der Waals surface area contributed by atoms with E-state index in [9.17, 15) is 24.6 Å². The van der Waals surface area contributed by atoms with Gasteiger partial charge in [-0.1, -0.05) is 76.3 Å². The van der Waals surface area contributed by atoms with Gasteiger partial charge in [0.2, 0.25) is 11.8 Å². The van der Waals surface area contributed by atoms with Crippen LogP contribution in [0.4, 0.5) is 4.79 Å². The van der Waals surface area contributed by atoms with E-state index in [0.29, 0.717) is 18.8 Å². The van der Waals surface area contributed by atoms with Gasteiger partial charge in [-0.25, -0.2) is 4.79 Å². The molecule has 0 spiro atoms. The smallest absolute Gasteiger partial charge is 0.411 e. The summed E-state index contributed by atoms with van der Waals surface area (Å²) in [5, 5.41) is 27.8. The van der Waals surface area contributed by atoms with Gasteiger partial charge in [-0.05, 0) is 63.0 Å². The predicted molar refractivity (Wildman–Crippen MR) is 167 cm³/mol. The molecule has 5 atom stereocenters. The minimum Gasteiger partial charge on any atom is -0.444 e. The van der Waals surface area contributed by atoms with Gasteiger partial charge in [0.1, 0.15) is 23.8 Å². The van der Waals surface area contributed by atoms with Gasteiger partial charge in [-0.15, -0.1) is 6.58 Å². The molecule has 1 heterocycles. The van der Waals surface area contributed by atoms with E-state index < -0.39 is 53.8 Å². The number of aliphatic hydroxyl groups is 2. The largest absolute Gasteiger partial charge is 0.444 e. The van der Waals surface area contributed by atoms with Crippen LogP contribution in [0.3, 0.4) is 0 Å². The summed E-state index contributed by atoms with van der Waals surface area (Å²) in [5.74, 6) is -0.398. The van der Waals surface area contributed by atoms with Crippen molar-refractivity contribution in [2.24, 2.45) is 11.8 Å². The summed E-state index contributed by atoms with van der Waals surface area (Å²) in [6, 6.07) is 5.17. The standard InChI is InChI=1S/C34H53N3O6/c1-7-13-26(31(40)36-27(19-23-14-9-8-10-15-23)30(39)29(38)18-22(2)3)35-32(41)28-20-24-16-11-12-17-25(24)21-37(28)33(42)43-34(4,5)6/h7,11-12,16-17,22-23,26-30,38-39H,1,8-10,13-15,18-21H2,2-6H3,(H,35,41)(H,36,40)/t26-,27-,28-,29-,30+/m0/s1. The highest BCUT2D eigenvalue weighted by Crippen LogP contribution is 2.29. The fraction of sp³-hybridized carbons (Fsp3) is 0.676. The van der Waals surface area contributed by atoms with Crippen LogP contribution < -0.4 is 10.6 Å². The molecule has 9 nitrogen and oxygen atoms in total. The molecule has 0 radical (unpaired) electrons. The van der Waals surface area contributed by atoms with Gasteiger partial charge < -0.3 is 25.6 Å². The zero-order valence-corrected chi connectivity index (χ0v) is 26.7. The van der Waals surface area contributed by atoms with E-state index in [1.807, 2.05) is 38.1 Å². The van der Waals surface area contributed by atoms with Gasteiger partial charge >= 0.3 is 6.09 Å². The molecule has 0 unspecified atom stereocenters. The summed E-state index contributed by atoms with van der Waals surface area (Å²) in [7, 11) is 0. The van der Waals surface area contributed by atoms with Crippen LogP contribution in [-0.4, -0.2) is 69.0 Å². The Kier molecular flexibility index (Phi) is 12.6. The number of benzene rings is 1. The van der Waals surface area contributed by atoms with Crippen molar-refractivity contribution in [1.29, 1.82) is 0 Å². The third-order valence-corrected chi connectivity index (χ3v) is 8.37. The zero-order valence-electron chi connectivity index (χ0n) is 26.7. The van der Waals surface area contributed by atoms with E-state index in [0.717, 1.165) is 36.8 Å². The molecule has 1 aliphatic carbocycles. The van der Waals surface area contributed by atoms with E-state index >= 15 is 0 Å². The second kappa shape index (κ2) is 15.7. The molecule has 1 aromatic carbocycles. The fourth-order valence-electron chi connectivity index (χ4n) is 6.18. The summed E-state index contributed by atoms with van der Waals surface area (Å²) >= 11 is 0. The van der Waals surface area contributed by atoms with Crippen LogP contribution in [0.25, 0.3) is 0 Å². The van der Waals surface area contributed by atoms with Crippen molar-refractivity contribution >= 4 is 17.9 Å². The highest BCUT2D eigenvalue weighted by molar-refractivity contribution is 5.92. The second-order valence-corrected chi connectivity index (χ2v) is 13.7. The lowest BCUT2D eigenvalue weighted by Crippen LogP contribution is -2.59. The maximum atomic E-state index is 13.8. The van der Waals surface area contributed by atoms with Crippen LogP contribution in [0.2, 0.25) is 0 Å². The second-order valence-electron chi connectivity index (χ2n) is 13.7. The average Bonchev–Trinajstić information content (AvgIpc) is 2.94. The minimum absolute atomic E-state index is 0.161. The van der Waals surface area contributed by atoms with Gasteiger partial charge in [-0.2, -0.15) is 0 Å². The van der Waals surface area contributed by atoms with Crippen molar-refractivity contribution in [3.05, 3.63) is 48.0 Å². The molecule has 0 saturated heterocycles. The van der Waals surface area contributed by atoms with E-state index in [4.69, 9.17) is 4.74 Å². The van der Waals surface area contributed by atoms with Gasteiger partial charge in [0.05, 0.1) is 18.7 Å². The molecule has 0 aromatic heterocycles. The summed E-state index contributed by atoms with van der Waals surface area (Å²) in [6.07, 6.45) is 5.73. The van der Waals surface area contributed by atoms with E-state index in [1.54, 1.807) is 26.8 Å². The molecule has 1 fully saturated rings. The minimum atomic E-state index is -1.13.